The Labute approximate surface area is 95.0 Å². The van der Waals surface area contributed by atoms with Crippen molar-refractivity contribution in [1.29, 1.82) is 0 Å². The number of nitrogens with one attached hydrogen (secondary N) is 2. The van der Waals surface area contributed by atoms with Gasteiger partial charge in [0.1, 0.15) is 0 Å². The van der Waals surface area contributed by atoms with Crippen LogP contribution in [-0.2, 0) is 0 Å². The Balaban J connectivity index is 2.41. The van der Waals surface area contributed by atoms with Crippen molar-refractivity contribution in [2.24, 2.45) is 0 Å². The second kappa shape index (κ2) is 4.88. The molecule has 0 unspecified atom stereocenters. The monoisotopic (exact) mass is 219 g/mol. The third kappa shape index (κ3) is 1.96. The SMILES string of the molecule is CCCOc1n[nH]c2cccc(NCC)c12. The van der Waals surface area contributed by atoms with E-state index in [0.717, 1.165) is 29.6 Å². The molecule has 0 atom stereocenters. The molecule has 1 aromatic carbocycles. The molecule has 0 aliphatic carbocycles. The van der Waals surface area contributed by atoms with Crippen LogP contribution in [0.15, 0.2) is 18.2 Å². The Bertz CT molecular complexity index is 464. The number of benzene rings is 1. The first-order valence-corrected chi connectivity index (χ1v) is 5.70. The first kappa shape index (κ1) is 10.8. The second-order valence-corrected chi connectivity index (χ2v) is 3.64. The van der Waals surface area contributed by atoms with Crippen LogP contribution in [0.25, 0.3) is 10.9 Å². The number of nitrogens with zero attached hydrogens (tertiary/aromatic N) is 1. The predicted molar refractivity (Wildman–Crippen MR) is 66.0 cm³/mol. The highest BCUT2D eigenvalue weighted by molar-refractivity contribution is 5.95. The average molecular weight is 219 g/mol. The number of rotatable bonds is 5. The number of H-pyrrole nitrogens is 1. The Kier molecular flexibility index (Phi) is 3.29. The van der Waals surface area contributed by atoms with Gasteiger partial charge in [-0.15, -0.1) is 5.10 Å². The van der Waals surface area contributed by atoms with Crippen LogP contribution < -0.4 is 10.1 Å². The first-order valence-electron chi connectivity index (χ1n) is 5.70. The number of anilines is 1. The fraction of sp³-hybridized carbons (Fsp3) is 0.417. The smallest absolute Gasteiger partial charge is 0.242 e. The molecule has 0 radical (unpaired) electrons. The number of aromatic nitrogens is 2. The van der Waals surface area contributed by atoms with Gasteiger partial charge in [0, 0.05) is 12.2 Å². The fourth-order valence-corrected chi connectivity index (χ4v) is 1.68. The molecule has 0 aliphatic rings. The van der Waals surface area contributed by atoms with Crippen molar-refractivity contribution in [3.63, 3.8) is 0 Å². The maximum absolute atomic E-state index is 5.61. The van der Waals surface area contributed by atoms with Crippen LogP contribution >= 0.6 is 0 Å². The Morgan fingerprint density at radius 1 is 1.38 bits per heavy atom. The minimum absolute atomic E-state index is 0.688. The average Bonchev–Trinajstić information content (AvgIpc) is 2.71. The molecule has 0 spiro atoms. The molecule has 0 fully saturated rings. The lowest BCUT2D eigenvalue weighted by atomic mass is 10.2. The molecule has 4 heteroatoms. The van der Waals surface area contributed by atoms with Crippen LogP contribution in [0.2, 0.25) is 0 Å². The van der Waals surface area contributed by atoms with Crippen molar-refractivity contribution in [3.8, 4) is 5.88 Å². The summed E-state index contributed by atoms with van der Waals surface area (Å²) < 4.78 is 5.61. The molecule has 1 heterocycles. The van der Waals surface area contributed by atoms with E-state index in [2.05, 4.69) is 29.4 Å². The van der Waals surface area contributed by atoms with Gasteiger partial charge in [-0.1, -0.05) is 13.0 Å². The van der Waals surface area contributed by atoms with Crippen LogP contribution in [0, 0.1) is 0 Å². The number of aromatic amines is 1. The van der Waals surface area contributed by atoms with Crippen molar-refractivity contribution >= 4 is 16.6 Å². The summed E-state index contributed by atoms with van der Waals surface area (Å²) in [4.78, 5) is 0. The molecule has 2 N–H and O–H groups in total. The Hall–Kier alpha value is -1.71. The van der Waals surface area contributed by atoms with Gasteiger partial charge < -0.3 is 10.1 Å². The maximum Gasteiger partial charge on any atom is 0.242 e. The van der Waals surface area contributed by atoms with Gasteiger partial charge in [-0.05, 0) is 25.5 Å². The van der Waals surface area contributed by atoms with Crippen molar-refractivity contribution in [2.45, 2.75) is 20.3 Å². The highest BCUT2D eigenvalue weighted by Crippen LogP contribution is 2.30. The van der Waals surface area contributed by atoms with Gasteiger partial charge in [-0.25, -0.2) is 0 Å². The molecule has 1 aromatic heterocycles. The van der Waals surface area contributed by atoms with Crippen molar-refractivity contribution in [3.05, 3.63) is 18.2 Å². The van der Waals surface area contributed by atoms with Crippen molar-refractivity contribution < 1.29 is 4.74 Å². The molecule has 2 aromatic rings. The molecule has 0 aliphatic heterocycles. The minimum atomic E-state index is 0.688. The lowest BCUT2D eigenvalue weighted by Crippen LogP contribution is -1.99. The summed E-state index contributed by atoms with van der Waals surface area (Å²) in [7, 11) is 0. The van der Waals surface area contributed by atoms with Gasteiger partial charge in [0.25, 0.3) is 0 Å². The summed E-state index contributed by atoms with van der Waals surface area (Å²) in [5.41, 5.74) is 2.07. The number of fused-ring (bicyclic) bond motifs is 1. The zero-order chi connectivity index (χ0) is 11.4. The van der Waals surface area contributed by atoms with E-state index in [0.29, 0.717) is 12.5 Å². The Morgan fingerprint density at radius 3 is 3.00 bits per heavy atom. The van der Waals surface area contributed by atoms with Crippen molar-refractivity contribution in [1.82, 2.24) is 10.2 Å². The Morgan fingerprint density at radius 2 is 2.25 bits per heavy atom. The van der Waals surface area contributed by atoms with Crippen molar-refractivity contribution in [2.75, 3.05) is 18.5 Å². The van der Waals surface area contributed by atoms with Crippen LogP contribution in [0.3, 0.4) is 0 Å². The highest BCUT2D eigenvalue weighted by atomic mass is 16.5. The summed E-state index contributed by atoms with van der Waals surface area (Å²) in [6.45, 7) is 5.74. The number of ether oxygens (including phenoxy) is 1. The first-order chi connectivity index (χ1) is 7.86. The predicted octanol–water partition coefficient (Wildman–Crippen LogP) is 2.78. The number of hydrogen-bond acceptors (Lipinski definition) is 3. The molecule has 16 heavy (non-hydrogen) atoms. The van der Waals surface area contributed by atoms with E-state index >= 15 is 0 Å². The van der Waals surface area contributed by atoms with E-state index in [1.807, 2.05) is 18.2 Å². The third-order valence-electron chi connectivity index (χ3n) is 2.37. The second-order valence-electron chi connectivity index (χ2n) is 3.64. The van der Waals surface area contributed by atoms with Crippen LogP contribution in [0.4, 0.5) is 5.69 Å². The summed E-state index contributed by atoms with van der Waals surface area (Å²) in [6.07, 6.45) is 0.984. The van der Waals surface area contributed by atoms with E-state index < -0.39 is 0 Å². The fourth-order valence-electron chi connectivity index (χ4n) is 1.68. The van der Waals surface area contributed by atoms with E-state index in [1.165, 1.54) is 0 Å². The quantitative estimate of drug-likeness (QED) is 0.813. The summed E-state index contributed by atoms with van der Waals surface area (Å²) in [5.74, 6) is 0.688. The molecule has 2 rings (SSSR count). The molecule has 86 valence electrons. The highest BCUT2D eigenvalue weighted by Gasteiger charge is 2.10. The normalized spacial score (nSPS) is 10.6. The molecule has 4 nitrogen and oxygen atoms in total. The summed E-state index contributed by atoms with van der Waals surface area (Å²) >= 11 is 0. The molecule has 0 bridgehead atoms. The maximum atomic E-state index is 5.61. The van der Waals surface area contributed by atoms with Gasteiger partial charge in [0.2, 0.25) is 5.88 Å². The van der Waals surface area contributed by atoms with Gasteiger partial charge in [-0.2, -0.15) is 0 Å². The molecule has 0 amide bonds. The molecule has 0 saturated carbocycles. The van der Waals surface area contributed by atoms with E-state index in [1.54, 1.807) is 0 Å². The topological polar surface area (TPSA) is 49.9 Å². The summed E-state index contributed by atoms with van der Waals surface area (Å²) in [5, 5.41) is 11.5. The van der Waals surface area contributed by atoms with Gasteiger partial charge in [-0.3, -0.25) is 5.10 Å². The molecular weight excluding hydrogens is 202 g/mol. The zero-order valence-electron chi connectivity index (χ0n) is 9.71. The third-order valence-corrected chi connectivity index (χ3v) is 2.37. The lowest BCUT2D eigenvalue weighted by molar-refractivity contribution is 0.308. The minimum Gasteiger partial charge on any atom is -0.476 e. The number of hydrogen-bond donors (Lipinski definition) is 2. The largest absolute Gasteiger partial charge is 0.476 e. The van der Waals surface area contributed by atoms with Crippen LogP contribution in [-0.4, -0.2) is 23.3 Å². The summed E-state index contributed by atoms with van der Waals surface area (Å²) in [6, 6.07) is 6.05. The molecule has 0 saturated heterocycles. The van der Waals surface area contributed by atoms with Gasteiger partial charge >= 0.3 is 0 Å². The van der Waals surface area contributed by atoms with E-state index in [-0.39, 0.29) is 0 Å². The van der Waals surface area contributed by atoms with Gasteiger partial charge in [0.15, 0.2) is 0 Å². The van der Waals surface area contributed by atoms with Crippen LogP contribution in [0.1, 0.15) is 20.3 Å². The standard InChI is InChI=1S/C12H17N3O/c1-3-8-16-12-11-9(13-4-2)6-5-7-10(11)14-15-12/h5-7,13H,3-4,8H2,1-2H3,(H,14,15). The molecular formula is C12H17N3O. The van der Waals surface area contributed by atoms with Crippen LogP contribution in [0.5, 0.6) is 5.88 Å². The zero-order valence-corrected chi connectivity index (χ0v) is 9.71. The van der Waals surface area contributed by atoms with Gasteiger partial charge in [0.05, 0.1) is 17.5 Å². The van der Waals surface area contributed by atoms with E-state index in [9.17, 15) is 0 Å². The van der Waals surface area contributed by atoms with E-state index in [4.69, 9.17) is 4.74 Å². The lowest BCUT2D eigenvalue weighted by Gasteiger charge is -2.06.